The van der Waals surface area contributed by atoms with Crippen LogP contribution in [0, 0.1) is 0 Å². The van der Waals surface area contributed by atoms with E-state index in [1.165, 1.54) is 3.70 Å². The predicted molar refractivity (Wildman–Crippen MR) is 83.5 cm³/mol. The van der Waals surface area contributed by atoms with E-state index in [9.17, 15) is 4.79 Å². The van der Waals surface area contributed by atoms with Gasteiger partial charge in [0.05, 0.1) is 0 Å². The van der Waals surface area contributed by atoms with Crippen molar-refractivity contribution < 1.29 is 9.53 Å². The van der Waals surface area contributed by atoms with E-state index in [0.29, 0.717) is 0 Å². The van der Waals surface area contributed by atoms with E-state index in [0.717, 1.165) is 32.7 Å². The quantitative estimate of drug-likeness (QED) is 0.382. The number of benzene rings is 2. The number of para-hydroxylation sites is 4. The van der Waals surface area contributed by atoms with Gasteiger partial charge in [-0.2, -0.15) is 0 Å². The molecule has 102 valence electrons. The van der Waals surface area contributed by atoms with E-state index in [-0.39, 0.29) is 0 Å². The van der Waals surface area contributed by atoms with Gasteiger partial charge in [0, 0.05) is 0 Å². The van der Waals surface area contributed by atoms with E-state index in [2.05, 4.69) is 23.1 Å². The molecule has 0 saturated carbocycles. The Hall–Kier alpha value is -2.02. The van der Waals surface area contributed by atoms with Crippen LogP contribution in [-0.2, 0) is 0 Å². The summed E-state index contributed by atoms with van der Waals surface area (Å²) in [4.78, 5) is 13.2. The molecule has 2 aromatic carbocycles. The first-order valence-corrected chi connectivity index (χ1v) is 8.91. The first kappa shape index (κ1) is 12.7. The molecule has 0 amide bonds. The molecule has 0 spiro atoms. The third-order valence-corrected chi connectivity index (χ3v) is 6.22. The number of rotatable bonds is 2. The number of ether oxygens (including phenoxy) is 1. The second-order valence-corrected chi connectivity index (χ2v) is 7.79. The fourth-order valence-corrected chi connectivity index (χ4v) is 4.89. The maximum atomic E-state index is 11.0. The number of carbonyl (C=O) groups is 1. The van der Waals surface area contributed by atoms with Crippen molar-refractivity contribution in [1.82, 2.24) is 0 Å². The molecule has 1 aromatic heterocycles. The fraction of sp³-hybridized carbons (Fsp3) is 0. The first-order chi connectivity index (χ1) is 10.4. The summed E-state index contributed by atoms with van der Waals surface area (Å²) in [7, 11) is 0. The van der Waals surface area contributed by atoms with E-state index in [4.69, 9.17) is 4.74 Å². The van der Waals surface area contributed by atoms with Gasteiger partial charge in [0.1, 0.15) is 0 Å². The fourth-order valence-electron chi connectivity index (χ4n) is 2.47. The Bertz CT molecular complexity index is 779. The summed E-state index contributed by atoms with van der Waals surface area (Å²) in [5, 5.41) is 0. The molecule has 21 heavy (non-hydrogen) atoms. The normalized spacial score (nSPS) is 12.3. The Morgan fingerprint density at radius 2 is 1.48 bits per heavy atom. The van der Waals surface area contributed by atoms with Crippen LogP contribution in [0.1, 0.15) is 8.37 Å². The van der Waals surface area contributed by atoms with Crippen molar-refractivity contribution in [3.63, 3.8) is 0 Å². The van der Waals surface area contributed by atoms with Crippen LogP contribution in [0.25, 0.3) is 0 Å². The standard InChI is InChI=1S/C17H11NO2Te/c19-11-12-9-10-17(21-12)18-13-5-1-3-7-15(13)20-16-8-4-2-6-14(16)18/h1-11H. The average Bonchev–Trinajstić information content (AvgIpc) is 3.01. The van der Waals surface area contributed by atoms with E-state index in [1.54, 1.807) is 0 Å². The van der Waals surface area contributed by atoms with Gasteiger partial charge in [0.2, 0.25) is 0 Å². The van der Waals surface area contributed by atoms with Crippen molar-refractivity contribution in [1.29, 1.82) is 0 Å². The van der Waals surface area contributed by atoms with Gasteiger partial charge in [-0.1, -0.05) is 0 Å². The number of carbonyl (C=O) groups excluding carboxylic acids is 1. The number of anilines is 3. The summed E-state index contributed by atoms with van der Waals surface area (Å²) in [5.74, 6) is 1.70. The molecule has 1 aliphatic rings. The monoisotopic (exact) mass is 391 g/mol. The molecule has 0 bridgehead atoms. The van der Waals surface area contributed by atoms with Crippen LogP contribution in [0.5, 0.6) is 11.5 Å². The zero-order chi connectivity index (χ0) is 14.2. The number of aldehydes is 1. The maximum absolute atomic E-state index is 11.0. The molecule has 0 fully saturated rings. The summed E-state index contributed by atoms with van der Waals surface area (Å²) < 4.78 is 8.12. The van der Waals surface area contributed by atoms with Crippen molar-refractivity contribution >= 4 is 41.8 Å². The second kappa shape index (κ2) is 5.07. The molecule has 4 heteroatoms. The predicted octanol–water partition coefficient (Wildman–Crippen LogP) is 4.13. The molecule has 0 N–H and O–H groups in total. The van der Waals surface area contributed by atoms with Crippen molar-refractivity contribution in [2.75, 3.05) is 4.90 Å². The van der Waals surface area contributed by atoms with Crippen molar-refractivity contribution in [2.24, 2.45) is 0 Å². The summed E-state index contributed by atoms with van der Waals surface area (Å²) in [6, 6.07) is 20.0. The summed E-state index contributed by atoms with van der Waals surface area (Å²) >= 11 is -0.640. The molecule has 0 radical (unpaired) electrons. The molecule has 0 aliphatic carbocycles. The SMILES string of the molecule is O=Cc1ccc(N2c3ccccc3Oc3ccccc32)[te]1. The van der Waals surface area contributed by atoms with E-state index in [1.807, 2.05) is 42.5 Å². The third kappa shape index (κ3) is 2.08. The zero-order valence-corrected chi connectivity index (χ0v) is 13.4. The Kier molecular flexibility index (Phi) is 3.07. The van der Waals surface area contributed by atoms with Crippen molar-refractivity contribution in [3.8, 4) is 11.5 Å². The second-order valence-electron chi connectivity index (χ2n) is 4.67. The Morgan fingerprint density at radius 1 is 0.857 bits per heavy atom. The Balaban J connectivity index is 1.94. The molecule has 0 atom stereocenters. The van der Waals surface area contributed by atoms with Crippen LogP contribution in [0.2, 0.25) is 0 Å². The minimum absolute atomic E-state index is 0.640. The summed E-state index contributed by atoms with van der Waals surface area (Å²) in [6.07, 6.45) is 0.976. The van der Waals surface area contributed by atoms with Gasteiger partial charge < -0.3 is 0 Å². The summed E-state index contributed by atoms with van der Waals surface area (Å²) in [5.41, 5.74) is 2.07. The molecule has 0 saturated heterocycles. The Labute approximate surface area is 132 Å². The van der Waals surface area contributed by atoms with Gasteiger partial charge in [-0.15, -0.1) is 0 Å². The number of hydrogen-bond donors (Lipinski definition) is 0. The number of fused-ring (bicyclic) bond motifs is 2. The molecule has 1 aliphatic heterocycles. The molecule has 4 rings (SSSR count). The molecule has 3 aromatic rings. The van der Waals surface area contributed by atoms with Crippen molar-refractivity contribution in [2.45, 2.75) is 0 Å². The number of nitrogens with zero attached hydrogens (tertiary/aromatic N) is 1. The Morgan fingerprint density at radius 3 is 2.05 bits per heavy atom. The summed E-state index contributed by atoms with van der Waals surface area (Å²) in [6.45, 7) is 0. The van der Waals surface area contributed by atoms with Crippen molar-refractivity contribution in [3.05, 3.63) is 64.2 Å². The van der Waals surface area contributed by atoms with Gasteiger partial charge in [0.15, 0.2) is 0 Å². The van der Waals surface area contributed by atoms with Crippen LogP contribution in [0.4, 0.5) is 15.1 Å². The topological polar surface area (TPSA) is 29.5 Å². The molecule has 3 nitrogen and oxygen atoms in total. The average molecular weight is 389 g/mol. The van der Waals surface area contributed by atoms with Crippen LogP contribution in [0.15, 0.2) is 60.7 Å². The zero-order valence-electron chi connectivity index (χ0n) is 11.0. The van der Waals surface area contributed by atoms with Gasteiger partial charge in [0.25, 0.3) is 0 Å². The molecular formula is C17H11NO2Te. The van der Waals surface area contributed by atoms with E-state index < -0.39 is 20.4 Å². The van der Waals surface area contributed by atoms with Crippen LogP contribution in [0.3, 0.4) is 0 Å². The van der Waals surface area contributed by atoms with Gasteiger partial charge in [-0.25, -0.2) is 0 Å². The molecular weight excluding hydrogens is 378 g/mol. The van der Waals surface area contributed by atoms with Gasteiger partial charge in [-0.3, -0.25) is 0 Å². The van der Waals surface area contributed by atoms with Gasteiger partial charge in [-0.05, 0) is 0 Å². The van der Waals surface area contributed by atoms with Crippen LogP contribution < -0.4 is 9.64 Å². The molecule has 2 heterocycles. The minimum atomic E-state index is -0.640. The van der Waals surface area contributed by atoms with E-state index >= 15 is 0 Å². The van der Waals surface area contributed by atoms with Gasteiger partial charge >= 0.3 is 132 Å². The third-order valence-electron chi connectivity index (χ3n) is 3.38. The molecule has 0 unspecified atom stereocenters. The van der Waals surface area contributed by atoms with Crippen LogP contribution >= 0.6 is 0 Å². The number of hydrogen-bond acceptors (Lipinski definition) is 3. The first-order valence-electron chi connectivity index (χ1n) is 6.58. The van der Waals surface area contributed by atoms with Crippen LogP contribution in [-0.4, -0.2) is 26.7 Å².